The molecule has 0 bridgehead atoms. The Hall–Kier alpha value is -1.84. The molecule has 1 aromatic carbocycles. The fraction of sp³-hybridized carbons (Fsp3) is 0.429. The van der Waals surface area contributed by atoms with Crippen LogP contribution < -0.4 is 4.72 Å². The van der Waals surface area contributed by atoms with Crippen molar-refractivity contribution in [2.24, 2.45) is 5.92 Å². The summed E-state index contributed by atoms with van der Waals surface area (Å²) in [6, 6.07) is 6.15. The quantitative estimate of drug-likeness (QED) is 0.889. The number of benzene rings is 1. The van der Waals surface area contributed by atoms with Crippen LogP contribution in [-0.2, 0) is 27.9 Å². The fourth-order valence-corrected chi connectivity index (χ4v) is 3.03. The van der Waals surface area contributed by atoms with Crippen molar-refractivity contribution in [2.75, 3.05) is 19.4 Å². The van der Waals surface area contributed by atoms with Crippen LogP contribution in [0.25, 0.3) is 11.3 Å². The molecular weight excluding hydrogens is 323 g/mol. The summed E-state index contributed by atoms with van der Waals surface area (Å²) in [7, 11) is -3.25. The van der Waals surface area contributed by atoms with Gasteiger partial charge >= 0.3 is 0 Å². The molecule has 7 nitrogen and oxygen atoms in total. The normalized spacial score (nSPS) is 18.4. The molecule has 0 spiro atoms. The average molecular weight is 340 g/mol. The fourth-order valence-electron chi connectivity index (χ4n) is 2.49. The van der Waals surface area contributed by atoms with E-state index in [2.05, 4.69) is 15.0 Å². The zero-order valence-electron chi connectivity index (χ0n) is 12.6. The van der Waals surface area contributed by atoms with Gasteiger partial charge in [-0.1, -0.05) is 17.3 Å². The summed E-state index contributed by atoms with van der Waals surface area (Å²) >= 11 is 0. The maximum Gasteiger partial charge on any atom is 0.208 e. The summed E-state index contributed by atoms with van der Waals surface area (Å²) in [5, 5.41) is 8.23. The summed E-state index contributed by atoms with van der Waals surface area (Å²) in [4.78, 5) is 0. The van der Waals surface area contributed by atoms with E-state index >= 15 is 0 Å². The molecule has 1 aromatic heterocycles. The first-order valence-electron chi connectivity index (χ1n) is 7.13. The van der Waals surface area contributed by atoms with Gasteiger partial charge in [-0.2, -0.15) is 0 Å². The van der Waals surface area contributed by atoms with Gasteiger partial charge in [-0.15, -0.1) is 5.10 Å². The lowest BCUT2D eigenvalue weighted by Gasteiger charge is -2.13. The SMILES string of the molecule is CS(=O)(=O)NCC1COCc2c(-c3cccc(F)c3)nnn2C1. The Morgan fingerprint density at radius 1 is 1.48 bits per heavy atom. The van der Waals surface area contributed by atoms with Crippen LogP contribution in [0, 0.1) is 11.7 Å². The molecule has 2 heterocycles. The van der Waals surface area contributed by atoms with Crippen molar-refractivity contribution in [1.29, 1.82) is 0 Å². The highest BCUT2D eigenvalue weighted by Gasteiger charge is 2.23. The van der Waals surface area contributed by atoms with E-state index in [0.29, 0.717) is 31.0 Å². The molecule has 0 aliphatic carbocycles. The van der Waals surface area contributed by atoms with Gasteiger partial charge in [0.2, 0.25) is 10.0 Å². The van der Waals surface area contributed by atoms with Crippen LogP contribution in [0.4, 0.5) is 4.39 Å². The lowest BCUT2D eigenvalue weighted by molar-refractivity contribution is 0.0960. The van der Waals surface area contributed by atoms with E-state index in [9.17, 15) is 12.8 Å². The van der Waals surface area contributed by atoms with Gasteiger partial charge in [0.05, 0.1) is 25.2 Å². The number of hydrogen-bond acceptors (Lipinski definition) is 5. The van der Waals surface area contributed by atoms with Crippen molar-refractivity contribution in [1.82, 2.24) is 19.7 Å². The first-order chi connectivity index (χ1) is 10.9. The van der Waals surface area contributed by atoms with Gasteiger partial charge in [-0.25, -0.2) is 22.2 Å². The predicted octanol–water partition coefficient (Wildman–Crippen LogP) is 0.780. The van der Waals surface area contributed by atoms with Crippen LogP contribution in [-0.4, -0.2) is 42.8 Å². The lowest BCUT2D eigenvalue weighted by atomic mass is 10.1. The predicted molar refractivity (Wildman–Crippen MR) is 81.4 cm³/mol. The van der Waals surface area contributed by atoms with Crippen molar-refractivity contribution in [3.63, 3.8) is 0 Å². The molecule has 0 saturated heterocycles. The smallest absolute Gasteiger partial charge is 0.208 e. The van der Waals surface area contributed by atoms with Crippen LogP contribution >= 0.6 is 0 Å². The molecule has 0 amide bonds. The third-order valence-electron chi connectivity index (χ3n) is 3.59. The van der Waals surface area contributed by atoms with Gasteiger partial charge in [-0.3, -0.25) is 0 Å². The Kier molecular flexibility index (Phi) is 4.42. The Bertz CT molecular complexity index is 806. The van der Waals surface area contributed by atoms with Gasteiger partial charge in [-0.05, 0) is 12.1 Å². The van der Waals surface area contributed by atoms with Gasteiger partial charge in [0.1, 0.15) is 11.5 Å². The van der Waals surface area contributed by atoms with Crippen molar-refractivity contribution >= 4 is 10.0 Å². The van der Waals surface area contributed by atoms with Gasteiger partial charge in [0.15, 0.2) is 0 Å². The van der Waals surface area contributed by atoms with E-state index in [1.54, 1.807) is 16.8 Å². The number of nitrogens with zero attached hydrogens (tertiary/aromatic N) is 3. The topological polar surface area (TPSA) is 86.1 Å². The average Bonchev–Trinajstić information content (AvgIpc) is 2.75. The second kappa shape index (κ2) is 6.34. The van der Waals surface area contributed by atoms with Gasteiger partial charge in [0, 0.05) is 24.6 Å². The number of hydrogen-bond donors (Lipinski definition) is 1. The molecule has 1 unspecified atom stereocenters. The van der Waals surface area contributed by atoms with Crippen LogP contribution in [0.1, 0.15) is 5.69 Å². The zero-order valence-corrected chi connectivity index (χ0v) is 13.4. The van der Waals surface area contributed by atoms with Gasteiger partial charge < -0.3 is 4.74 Å². The molecule has 1 N–H and O–H groups in total. The maximum atomic E-state index is 13.4. The molecule has 1 atom stereocenters. The standard InChI is InChI=1S/C14H17FN4O3S/c1-23(20,21)16-6-10-7-19-13(9-22-8-10)14(17-18-19)11-3-2-4-12(15)5-11/h2-5,10,16H,6-9H2,1H3. The van der Waals surface area contributed by atoms with E-state index in [0.717, 1.165) is 11.9 Å². The summed E-state index contributed by atoms with van der Waals surface area (Å²) < 4.78 is 45.6. The Balaban J connectivity index is 1.82. The third-order valence-corrected chi connectivity index (χ3v) is 4.28. The minimum absolute atomic E-state index is 0.0481. The summed E-state index contributed by atoms with van der Waals surface area (Å²) in [5.74, 6) is -0.387. The Labute approximate surface area is 133 Å². The molecule has 0 radical (unpaired) electrons. The van der Waals surface area contributed by atoms with E-state index in [4.69, 9.17) is 4.74 Å². The van der Waals surface area contributed by atoms with Gasteiger partial charge in [0.25, 0.3) is 0 Å². The minimum atomic E-state index is -3.25. The second-order valence-electron chi connectivity index (χ2n) is 5.58. The van der Waals surface area contributed by atoms with E-state index in [1.165, 1.54) is 12.1 Å². The first kappa shape index (κ1) is 16.0. The Morgan fingerprint density at radius 3 is 3.04 bits per heavy atom. The maximum absolute atomic E-state index is 13.4. The van der Waals surface area contributed by atoms with E-state index in [1.807, 2.05) is 0 Å². The second-order valence-corrected chi connectivity index (χ2v) is 7.41. The number of rotatable bonds is 4. The molecule has 9 heteroatoms. The molecule has 1 aliphatic rings. The van der Waals surface area contributed by atoms with Crippen molar-refractivity contribution in [3.8, 4) is 11.3 Å². The third kappa shape index (κ3) is 3.92. The monoisotopic (exact) mass is 340 g/mol. The first-order valence-corrected chi connectivity index (χ1v) is 9.02. The van der Waals surface area contributed by atoms with Crippen molar-refractivity contribution in [3.05, 3.63) is 35.8 Å². The highest BCUT2D eigenvalue weighted by atomic mass is 32.2. The van der Waals surface area contributed by atoms with Crippen LogP contribution in [0.5, 0.6) is 0 Å². The number of halogens is 1. The number of ether oxygens (including phenoxy) is 1. The number of aromatic nitrogens is 3. The van der Waals surface area contributed by atoms with Crippen LogP contribution in [0.15, 0.2) is 24.3 Å². The lowest BCUT2D eigenvalue weighted by Crippen LogP contribution is -2.32. The summed E-state index contributed by atoms with van der Waals surface area (Å²) in [5.41, 5.74) is 1.99. The summed E-state index contributed by atoms with van der Waals surface area (Å²) in [6.07, 6.45) is 1.12. The van der Waals surface area contributed by atoms with Crippen LogP contribution in [0.2, 0.25) is 0 Å². The van der Waals surface area contributed by atoms with Crippen molar-refractivity contribution < 1.29 is 17.5 Å². The molecule has 23 heavy (non-hydrogen) atoms. The highest BCUT2D eigenvalue weighted by molar-refractivity contribution is 7.88. The van der Waals surface area contributed by atoms with E-state index < -0.39 is 10.0 Å². The minimum Gasteiger partial charge on any atom is -0.375 e. The Morgan fingerprint density at radius 2 is 2.30 bits per heavy atom. The molecule has 0 saturated carbocycles. The molecular formula is C14H17FN4O3S. The molecule has 2 aromatic rings. The highest BCUT2D eigenvalue weighted by Crippen LogP contribution is 2.25. The van der Waals surface area contributed by atoms with E-state index in [-0.39, 0.29) is 18.3 Å². The number of sulfonamides is 1. The van der Waals surface area contributed by atoms with Crippen molar-refractivity contribution in [2.45, 2.75) is 13.2 Å². The number of nitrogens with one attached hydrogen (secondary N) is 1. The molecule has 1 aliphatic heterocycles. The largest absolute Gasteiger partial charge is 0.375 e. The number of fused-ring (bicyclic) bond motifs is 1. The van der Waals surface area contributed by atoms with Crippen LogP contribution in [0.3, 0.4) is 0 Å². The molecule has 124 valence electrons. The zero-order chi connectivity index (χ0) is 16.4. The molecule has 0 fully saturated rings. The summed E-state index contributed by atoms with van der Waals surface area (Å²) in [6.45, 7) is 1.47. The molecule has 3 rings (SSSR count).